The summed E-state index contributed by atoms with van der Waals surface area (Å²) in [5.41, 5.74) is 0.964. The van der Waals surface area contributed by atoms with Crippen LogP contribution in [0.1, 0.15) is 50.0 Å². The quantitative estimate of drug-likeness (QED) is 0.429. The Morgan fingerprint density at radius 1 is 1.36 bits per heavy atom. The van der Waals surface area contributed by atoms with Crippen molar-refractivity contribution in [1.29, 1.82) is 0 Å². The van der Waals surface area contributed by atoms with Crippen molar-refractivity contribution in [3.8, 4) is 0 Å². The highest BCUT2D eigenvalue weighted by Crippen LogP contribution is 2.27. The molecule has 7 heteroatoms. The van der Waals surface area contributed by atoms with Gasteiger partial charge in [-0.15, -0.1) is 11.3 Å². The molecule has 0 aliphatic carbocycles. The summed E-state index contributed by atoms with van der Waals surface area (Å²) in [5, 5.41) is 4.31. The minimum atomic E-state index is -0.0392. The van der Waals surface area contributed by atoms with Crippen LogP contribution in [0.5, 0.6) is 0 Å². The first kappa shape index (κ1) is 20.0. The van der Waals surface area contributed by atoms with Gasteiger partial charge >= 0.3 is 0 Å². The third-order valence-electron chi connectivity index (χ3n) is 4.35. The van der Waals surface area contributed by atoms with Crippen LogP contribution in [-0.4, -0.2) is 27.3 Å². The number of nitrogens with zero attached hydrogens (tertiary/aromatic N) is 2. The smallest absolute Gasteiger partial charge is 0.262 e. The van der Waals surface area contributed by atoms with Gasteiger partial charge in [0.2, 0.25) is 5.91 Å². The van der Waals surface area contributed by atoms with Gasteiger partial charge in [0.25, 0.3) is 5.56 Å². The predicted octanol–water partition coefficient (Wildman–Crippen LogP) is 3.79. The molecule has 25 heavy (non-hydrogen) atoms. The molecular weight excluding hydrogens is 354 g/mol. The summed E-state index contributed by atoms with van der Waals surface area (Å²) >= 11 is 2.85. The monoisotopic (exact) mass is 381 g/mol. The van der Waals surface area contributed by atoms with Crippen molar-refractivity contribution in [3.05, 3.63) is 20.8 Å². The summed E-state index contributed by atoms with van der Waals surface area (Å²) < 4.78 is 1.55. The molecule has 0 aliphatic rings. The highest BCUT2D eigenvalue weighted by molar-refractivity contribution is 7.99. The van der Waals surface area contributed by atoms with Gasteiger partial charge in [-0.3, -0.25) is 14.2 Å². The fraction of sp³-hybridized carbons (Fsp3) is 0.611. The number of nitrogens with one attached hydrogen (secondary N) is 1. The molecule has 1 atom stereocenters. The number of aryl methyl sites for hydroxylation is 2. The van der Waals surface area contributed by atoms with Gasteiger partial charge in [0.05, 0.1) is 11.1 Å². The molecular formula is C18H27N3O2S2. The summed E-state index contributed by atoms with van der Waals surface area (Å²) in [5.74, 6) is 0.259. The van der Waals surface area contributed by atoms with E-state index in [4.69, 9.17) is 0 Å². The number of carbonyl (C=O) groups is 1. The first-order valence-electron chi connectivity index (χ1n) is 8.74. The Labute approximate surface area is 157 Å². The van der Waals surface area contributed by atoms with E-state index in [-0.39, 0.29) is 23.3 Å². The molecule has 0 aliphatic heterocycles. The normalized spacial score (nSPS) is 12.5. The van der Waals surface area contributed by atoms with Crippen LogP contribution in [0.4, 0.5) is 0 Å². The number of fused-ring (bicyclic) bond motifs is 1. The van der Waals surface area contributed by atoms with Gasteiger partial charge in [-0.05, 0) is 32.8 Å². The molecule has 0 aromatic carbocycles. The van der Waals surface area contributed by atoms with E-state index in [1.54, 1.807) is 11.6 Å². The van der Waals surface area contributed by atoms with Gasteiger partial charge in [-0.25, -0.2) is 4.98 Å². The molecule has 0 fully saturated rings. The number of thioether (sulfide) groups is 1. The van der Waals surface area contributed by atoms with Crippen LogP contribution < -0.4 is 10.9 Å². The maximum Gasteiger partial charge on any atom is 0.262 e. The number of rotatable bonds is 8. The third kappa shape index (κ3) is 4.85. The molecule has 1 unspecified atom stereocenters. The highest BCUT2D eigenvalue weighted by Gasteiger charge is 2.16. The molecule has 138 valence electrons. The summed E-state index contributed by atoms with van der Waals surface area (Å²) in [7, 11) is 1.72. The lowest BCUT2D eigenvalue weighted by Crippen LogP contribution is -2.34. The SMILES string of the molecule is CCCCCC(C)NC(=O)CSc1nc2sc(C)c(C)c2c(=O)n1C. The summed E-state index contributed by atoms with van der Waals surface area (Å²) in [4.78, 5) is 31.2. The number of hydrogen-bond donors (Lipinski definition) is 1. The van der Waals surface area contributed by atoms with Crippen molar-refractivity contribution < 1.29 is 4.79 Å². The average molecular weight is 382 g/mol. The lowest BCUT2D eigenvalue weighted by atomic mass is 10.1. The molecule has 1 amide bonds. The van der Waals surface area contributed by atoms with Crippen molar-refractivity contribution in [3.63, 3.8) is 0 Å². The zero-order valence-corrected chi connectivity index (χ0v) is 17.3. The zero-order valence-electron chi connectivity index (χ0n) is 15.6. The Hall–Kier alpha value is -1.34. The third-order valence-corrected chi connectivity index (χ3v) is 6.48. The molecule has 2 aromatic rings. The number of unbranched alkanes of at least 4 members (excludes halogenated alkanes) is 2. The molecule has 5 nitrogen and oxygen atoms in total. The number of hydrogen-bond acceptors (Lipinski definition) is 5. The zero-order chi connectivity index (χ0) is 18.6. The van der Waals surface area contributed by atoms with Gasteiger partial charge < -0.3 is 5.32 Å². The summed E-state index contributed by atoms with van der Waals surface area (Å²) in [6.07, 6.45) is 4.51. The van der Waals surface area contributed by atoms with Crippen LogP contribution >= 0.6 is 23.1 Å². The van der Waals surface area contributed by atoms with Crippen molar-refractivity contribution in [2.24, 2.45) is 7.05 Å². The Balaban J connectivity index is 2.02. The van der Waals surface area contributed by atoms with E-state index in [2.05, 4.69) is 17.2 Å². The molecule has 0 spiro atoms. The molecule has 0 saturated heterocycles. The molecule has 0 bridgehead atoms. The van der Waals surface area contributed by atoms with Crippen molar-refractivity contribution >= 4 is 39.2 Å². The van der Waals surface area contributed by atoms with E-state index in [0.29, 0.717) is 10.5 Å². The second-order valence-electron chi connectivity index (χ2n) is 6.47. The van der Waals surface area contributed by atoms with E-state index in [9.17, 15) is 9.59 Å². The predicted molar refractivity (Wildman–Crippen MR) is 107 cm³/mol. The van der Waals surface area contributed by atoms with Crippen molar-refractivity contribution in [2.75, 3.05) is 5.75 Å². The fourth-order valence-electron chi connectivity index (χ4n) is 2.70. The van der Waals surface area contributed by atoms with Gasteiger partial charge in [0.15, 0.2) is 5.16 Å². The van der Waals surface area contributed by atoms with Crippen LogP contribution in [0.2, 0.25) is 0 Å². The van der Waals surface area contributed by atoms with Gasteiger partial charge in [0, 0.05) is 18.0 Å². The standard InChI is InChI=1S/C18H27N3O2S2/c1-6-7-8-9-11(2)19-14(22)10-24-18-20-16-15(17(23)21(18)5)12(3)13(4)25-16/h11H,6-10H2,1-5H3,(H,19,22). The van der Waals surface area contributed by atoms with Gasteiger partial charge in [0.1, 0.15) is 4.83 Å². The number of aromatic nitrogens is 2. The fourth-order valence-corrected chi connectivity index (χ4v) is 4.56. The first-order chi connectivity index (χ1) is 11.8. The van der Waals surface area contributed by atoms with Crippen LogP contribution in [0, 0.1) is 13.8 Å². The summed E-state index contributed by atoms with van der Waals surface area (Å²) in [6.45, 7) is 8.17. The van der Waals surface area contributed by atoms with Crippen molar-refractivity contribution in [2.45, 2.75) is 64.6 Å². The molecule has 2 rings (SSSR count). The minimum absolute atomic E-state index is 0.0121. The molecule has 0 saturated carbocycles. The van der Waals surface area contributed by atoms with Crippen LogP contribution in [0.15, 0.2) is 9.95 Å². The maximum absolute atomic E-state index is 12.6. The first-order valence-corrected chi connectivity index (χ1v) is 10.5. The van der Waals surface area contributed by atoms with E-state index < -0.39 is 0 Å². The highest BCUT2D eigenvalue weighted by atomic mass is 32.2. The number of amides is 1. The Bertz CT molecular complexity index is 811. The molecule has 2 heterocycles. The molecule has 2 aromatic heterocycles. The lowest BCUT2D eigenvalue weighted by Gasteiger charge is -2.13. The average Bonchev–Trinajstić information content (AvgIpc) is 2.84. The Kier molecular flexibility index (Phi) is 7.07. The number of thiophene rings is 1. The van der Waals surface area contributed by atoms with E-state index in [0.717, 1.165) is 28.1 Å². The summed E-state index contributed by atoms with van der Waals surface area (Å²) in [6, 6.07) is 0.182. The van der Waals surface area contributed by atoms with E-state index in [1.807, 2.05) is 20.8 Å². The van der Waals surface area contributed by atoms with E-state index >= 15 is 0 Å². The second kappa shape index (κ2) is 8.85. The van der Waals surface area contributed by atoms with Gasteiger partial charge in [-0.2, -0.15) is 0 Å². The molecule has 0 radical (unpaired) electrons. The Morgan fingerprint density at radius 2 is 2.08 bits per heavy atom. The van der Waals surface area contributed by atoms with Crippen LogP contribution in [-0.2, 0) is 11.8 Å². The number of carbonyl (C=O) groups excluding carboxylic acids is 1. The largest absolute Gasteiger partial charge is 0.353 e. The maximum atomic E-state index is 12.6. The lowest BCUT2D eigenvalue weighted by molar-refractivity contribution is -0.119. The van der Waals surface area contributed by atoms with Gasteiger partial charge in [-0.1, -0.05) is 37.9 Å². The Morgan fingerprint density at radius 3 is 2.76 bits per heavy atom. The van der Waals surface area contributed by atoms with Crippen molar-refractivity contribution in [1.82, 2.24) is 14.9 Å². The second-order valence-corrected chi connectivity index (χ2v) is 8.62. The van der Waals surface area contributed by atoms with Crippen LogP contribution in [0.25, 0.3) is 10.2 Å². The van der Waals surface area contributed by atoms with Crippen LogP contribution in [0.3, 0.4) is 0 Å². The van der Waals surface area contributed by atoms with E-state index in [1.165, 1.54) is 35.9 Å². The molecule has 1 N–H and O–H groups in total. The minimum Gasteiger partial charge on any atom is -0.353 e. The topological polar surface area (TPSA) is 64.0 Å².